The first kappa shape index (κ1) is 30.4. The van der Waals surface area contributed by atoms with Gasteiger partial charge in [-0.2, -0.15) is 0 Å². The van der Waals surface area contributed by atoms with E-state index < -0.39 is 30.1 Å². The van der Waals surface area contributed by atoms with Gasteiger partial charge in [0.25, 0.3) is 0 Å². The molecule has 234 valence electrons. The first-order chi connectivity index (χ1) is 21.8. The van der Waals surface area contributed by atoms with Crippen LogP contribution < -0.4 is 5.32 Å². The molecule has 9 heteroatoms. The van der Waals surface area contributed by atoms with Gasteiger partial charge >= 0.3 is 12.1 Å². The molecule has 1 aliphatic carbocycles. The lowest BCUT2D eigenvalue weighted by Gasteiger charge is -2.30. The van der Waals surface area contributed by atoms with Crippen molar-refractivity contribution in [1.82, 2.24) is 15.1 Å². The van der Waals surface area contributed by atoms with Crippen molar-refractivity contribution in [2.75, 3.05) is 26.2 Å². The predicted molar refractivity (Wildman–Crippen MR) is 168 cm³/mol. The summed E-state index contributed by atoms with van der Waals surface area (Å²) in [6.45, 7) is 4.80. The number of hydrogen-bond donors (Lipinski definition) is 1. The quantitative estimate of drug-likeness (QED) is 0.370. The Bertz CT molecular complexity index is 1530. The van der Waals surface area contributed by atoms with E-state index in [2.05, 4.69) is 29.6 Å². The molecule has 0 unspecified atom stereocenters. The van der Waals surface area contributed by atoms with Crippen LogP contribution in [0, 0.1) is 11.8 Å². The van der Waals surface area contributed by atoms with Crippen molar-refractivity contribution >= 4 is 23.9 Å². The Balaban J connectivity index is 1.08. The van der Waals surface area contributed by atoms with E-state index in [9.17, 15) is 19.2 Å². The number of likely N-dealkylation sites (tertiary alicyclic amines) is 2. The third kappa shape index (κ3) is 6.43. The van der Waals surface area contributed by atoms with Gasteiger partial charge in [-0.3, -0.25) is 19.3 Å². The van der Waals surface area contributed by atoms with Gasteiger partial charge in [0, 0.05) is 19.0 Å². The number of amides is 3. The van der Waals surface area contributed by atoms with E-state index in [1.807, 2.05) is 68.4 Å². The van der Waals surface area contributed by atoms with E-state index in [4.69, 9.17) is 9.47 Å². The van der Waals surface area contributed by atoms with Crippen LogP contribution in [0.3, 0.4) is 0 Å². The highest BCUT2D eigenvalue weighted by Crippen LogP contribution is 2.44. The summed E-state index contributed by atoms with van der Waals surface area (Å²) in [4.78, 5) is 56.1. The van der Waals surface area contributed by atoms with Gasteiger partial charge in [0.15, 0.2) is 0 Å². The standard InChI is InChI=1S/C36H39N3O6/c1-23-16-31(34(41)37-18-33(40)44-21-25-10-4-3-5-11-25)38(19-23)35(42)32-17-24(2)20-39(32)36(43)45-22-30-28-14-8-6-12-26(28)27-13-7-9-15-29(27)30/h3-15,23-24,30-32H,16-22H2,1-2H3,(H,37,41)/t23-,24+,31-,32-/m0/s1. The second-order valence-electron chi connectivity index (χ2n) is 12.5. The fourth-order valence-electron chi connectivity index (χ4n) is 6.95. The van der Waals surface area contributed by atoms with Crippen LogP contribution in [0.15, 0.2) is 78.9 Å². The molecule has 0 aromatic heterocycles. The number of esters is 1. The van der Waals surface area contributed by atoms with E-state index >= 15 is 0 Å². The Morgan fingerprint density at radius 3 is 1.98 bits per heavy atom. The van der Waals surface area contributed by atoms with Crippen molar-refractivity contribution in [1.29, 1.82) is 0 Å². The van der Waals surface area contributed by atoms with Crippen LogP contribution in [0.5, 0.6) is 0 Å². The Hall–Kier alpha value is -4.66. The molecular weight excluding hydrogens is 570 g/mol. The van der Waals surface area contributed by atoms with E-state index in [0.29, 0.717) is 25.9 Å². The minimum absolute atomic E-state index is 0.0811. The van der Waals surface area contributed by atoms with Gasteiger partial charge in [0.2, 0.25) is 11.8 Å². The highest BCUT2D eigenvalue weighted by molar-refractivity contribution is 5.93. The molecule has 45 heavy (non-hydrogen) atoms. The summed E-state index contributed by atoms with van der Waals surface area (Å²) < 4.78 is 11.2. The average molecular weight is 610 g/mol. The van der Waals surface area contributed by atoms with Gasteiger partial charge in [0.1, 0.15) is 31.8 Å². The molecule has 6 rings (SSSR count). The molecule has 3 aliphatic rings. The Labute approximate surface area is 263 Å². The number of fused-ring (bicyclic) bond motifs is 3. The molecule has 9 nitrogen and oxygen atoms in total. The number of carbonyl (C=O) groups is 4. The van der Waals surface area contributed by atoms with Crippen LogP contribution in [0.2, 0.25) is 0 Å². The lowest BCUT2D eigenvalue weighted by molar-refractivity contribution is -0.146. The highest BCUT2D eigenvalue weighted by atomic mass is 16.6. The molecule has 2 fully saturated rings. The zero-order valence-electron chi connectivity index (χ0n) is 25.7. The summed E-state index contributed by atoms with van der Waals surface area (Å²) in [5.74, 6) is -1.10. The van der Waals surface area contributed by atoms with Crippen LogP contribution in [-0.4, -0.2) is 72.0 Å². The number of carbonyl (C=O) groups excluding carboxylic acids is 4. The van der Waals surface area contributed by atoms with Crippen LogP contribution >= 0.6 is 0 Å². The Morgan fingerprint density at radius 1 is 0.733 bits per heavy atom. The van der Waals surface area contributed by atoms with Gasteiger partial charge in [-0.1, -0.05) is 92.7 Å². The van der Waals surface area contributed by atoms with Gasteiger partial charge in [-0.15, -0.1) is 0 Å². The molecule has 2 saturated heterocycles. The predicted octanol–water partition coefficient (Wildman–Crippen LogP) is 4.74. The number of benzene rings is 3. The number of nitrogens with zero attached hydrogens (tertiary/aromatic N) is 2. The largest absolute Gasteiger partial charge is 0.460 e. The molecule has 0 spiro atoms. The maximum absolute atomic E-state index is 14.0. The van der Waals surface area contributed by atoms with Gasteiger partial charge in [-0.25, -0.2) is 4.79 Å². The molecule has 3 aromatic carbocycles. The second-order valence-corrected chi connectivity index (χ2v) is 12.5. The molecule has 2 aliphatic heterocycles. The number of rotatable bonds is 8. The van der Waals surface area contributed by atoms with Gasteiger partial charge < -0.3 is 19.7 Å². The van der Waals surface area contributed by atoms with Crippen molar-refractivity contribution in [3.8, 4) is 11.1 Å². The van der Waals surface area contributed by atoms with Crippen LogP contribution in [-0.2, 0) is 30.5 Å². The van der Waals surface area contributed by atoms with Crippen molar-refractivity contribution < 1.29 is 28.7 Å². The summed E-state index contributed by atoms with van der Waals surface area (Å²) in [5.41, 5.74) is 5.39. The Kier molecular flexibility index (Phi) is 8.87. The van der Waals surface area contributed by atoms with E-state index in [1.54, 1.807) is 4.90 Å². The summed E-state index contributed by atoms with van der Waals surface area (Å²) in [5, 5.41) is 2.65. The monoisotopic (exact) mass is 609 g/mol. The molecule has 3 aromatic rings. The summed E-state index contributed by atoms with van der Waals surface area (Å²) in [7, 11) is 0. The van der Waals surface area contributed by atoms with E-state index in [0.717, 1.165) is 27.8 Å². The fourth-order valence-corrected chi connectivity index (χ4v) is 6.95. The molecule has 0 bridgehead atoms. The molecule has 4 atom stereocenters. The smallest absolute Gasteiger partial charge is 0.410 e. The van der Waals surface area contributed by atoms with Crippen molar-refractivity contribution in [3.05, 3.63) is 95.6 Å². The fraction of sp³-hybridized carbons (Fsp3) is 0.389. The molecule has 0 saturated carbocycles. The van der Waals surface area contributed by atoms with Crippen LogP contribution in [0.25, 0.3) is 11.1 Å². The Morgan fingerprint density at radius 2 is 1.31 bits per heavy atom. The molecular formula is C36H39N3O6. The number of hydrogen-bond acceptors (Lipinski definition) is 6. The summed E-state index contributed by atoms with van der Waals surface area (Å²) in [6, 6.07) is 24.2. The highest BCUT2D eigenvalue weighted by Gasteiger charge is 2.46. The molecule has 3 amide bonds. The number of nitrogens with one attached hydrogen (secondary N) is 1. The van der Waals surface area contributed by atoms with Gasteiger partial charge in [-0.05, 0) is 52.5 Å². The molecule has 2 heterocycles. The minimum atomic E-state index is -0.727. The van der Waals surface area contributed by atoms with E-state index in [1.165, 1.54) is 4.90 Å². The zero-order valence-corrected chi connectivity index (χ0v) is 25.7. The van der Waals surface area contributed by atoms with Crippen molar-refractivity contribution in [3.63, 3.8) is 0 Å². The summed E-state index contributed by atoms with van der Waals surface area (Å²) >= 11 is 0. The lowest BCUT2D eigenvalue weighted by atomic mass is 9.98. The molecule has 0 radical (unpaired) electrons. The van der Waals surface area contributed by atoms with Crippen LogP contribution in [0.1, 0.15) is 49.3 Å². The lowest BCUT2D eigenvalue weighted by Crippen LogP contribution is -2.53. The number of ether oxygens (including phenoxy) is 2. The normalized spacial score (nSPS) is 22.1. The van der Waals surface area contributed by atoms with Gasteiger partial charge in [0.05, 0.1) is 0 Å². The molecule has 1 N–H and O–H groups in total. The zero-order chi connectivity index (χ0) is 31.5. The maximum Gasteiger partial charge on any atom is 0.410 e. The third-order valence-corrected chi connectivity index (χ3v) is 9.11. The topological polar surface area (TPSA) is 105 Å². The first-order valence-electron chi connectivity index (χ1n) is 15.7. The van der Waals surface area contributed by atoms with Crippen LogP contribution in [0.4, 0.5) is 4.79 Å². The maximum atomic E-state index is 14.0. The summed E-state index contributed by atoms with van der Waals surface area (Å²) in [6.07, 6.45) is 0.451. The second kappa shape index (κ2) is 13.1. The third-order valence-electron chi connectivity index (χ3n) is 9.11. The SMILES string of the molecule is C[C@@H]1C[C@@H](C(=O)N2C[C@@H](C)C[C@H]2C(=O)NCC(=O)OCc2ccccc2)N(C(=O)OCC2c3ccccc3-c3ccccc32)C1. The van der Waals surface area contributed by atoms with E-state index in [-0.39, 0.29) is 43.4 Å². The first-order valence-corrected chi connectivity index (χ1v) is 15.7. The van der Waals surface area contributed by atoms with Crippen molar-refractivity contribution in [2.45, 2.75) is 51.3 Å². The van der Waals surface area contributed by atoms with Crippen molar-refractivity contribution in [2.24, 2.45) is 11.8 Å². The average Bonchev–Trinajstić information content (AvgIpc) is 3.74. The minimum Gasteiger partial charge on any atom is -0.460 e.